The van der Waals surface area contributed by atoms with E-state index in [0.717, 1.165) is 12.1 Å². The zero-order valence-electron chi connectivity index (χ0n) is 8.44. The average Bonchev–Trinajstić information content (AvgIpc) is 2.25. The molecule has 0 aliphatic carbocycles. The van der Waals surface area contributed by atoms with Crippen molar-refractivity contribution >= 4 is 5.69 Å². The molecule has 1 rings (SSSR count). The molecule has 0 amide bonds. The lowest BCUT2D eigenvalue weighted by atomic mass is 10.0. The number of nitro benzene ring substituents is 1. The molecular weight excluding hydrogens is 239 g/mol. The first-order chi connectivity index (χ1) is 7.83. The van der Waals surface area contributed by atoms with Gasteiger partial charge >= 0.3 is 6.18 Å². The molecule has 5 nitrogen and oxygen atoms in total. The van der Waals surface area contributed by atoms with Gasteiger partial charge in [-0.15, -0.1) is 0 Å². The van der Waals surface area contributed by atoms with Gasteiger partial charge in [0.2, 0.25) is 0 Å². The molecule has 0 saturated heterocycles. The Balaban J connectivity index is 3.00. The molecule has 0 spiro atoms. The fraction of sp³-hybridized carbons (Fsp3) is 0.333. The second-order valence-corrected chi connectivity index (χ2v) is 3.32. The standard InChI is InChI=1S/C9H8F3N3O2/c10-9(11,12)5-8(14-13)6-2-1-3-7(4-6)15(16)17/h1-4,8,13H,5H2. The molecule has 1 aromatic carbocycles. The topological polar surface area (TPSA) is 79.3 Å². The lowest BCUT2D eigenvalue weighted by Gasteiger charge is -2.13. The molecule has 8 heteroatoms. The Morgan fingerprint density at radius 1 is 1.47 bits per heavy atom. The van der Waals surface area contributed by atoms with Crippen molar-refractivity contribution in [3.8, 4) is 0 Å². The van der Waals surface area contributed by atoms with E-state index >= 15 is 0 Å². The minimum atomic E-state index is -4.47. The normalized spacial score (nSPS) is 13.1. The van der Waals surface area contributed by atoms with Crippen LogP contribution in [0, 0.1) is 15.6 Å². The second kappa shape index (κ2) is 4.89. The van der Waals surface area contributed by atoms with Gasteiger partial charge in [0.05, 0.1) is 11.3 Å². The molecule has 0 aliphatic heterocycles. The number of halogens is 3. The minimum Gasteiger partial charge on any atom is -0.258 e. The van der Waals surface area contributed by atoms with Crippen molar-refractivity contribution in [3.63, 3.8) is 0 Å². The van der Waals surface area contributed by atoms with Gasteiger partial charge in [-0.3, -0.25) is 10.1 Å². The van der Waals surface area contributed by atoms with Crippen LogP contribution in [0.15, 0.2) is 29.4 Å². The Morgan fingerprint density at radius 2 is 2.12 bits per heavy atom. The van der Waals surface area contributed by atoms with E-state index in [1.807, 2.05) is 0 Å². The summed E-state index contributed by atoms with van der Waals surface area (Å²) in [5.74, 6) is 0. The molecular formula is C9H8F3N3O2. The second-order valence-electron chi connectivity index (χ2n) is 3.32. The van der Waals surface area contributed by atoms with Crippen LogP contribution in [0.1, 0.15) is 18.0 Å². The van der Waals surface area contributed by atoms with Crippen molar-refractivity contribution < 1.29 is 18.1 Å². The van der Waals surface area contributed by atoms with E-state index in [9.17, 15) is 23.3 Å². The van der Waals surface area contributed by atoms with Gasteiger partial charge in [0.15, 0.2) is 0 Å². The third-order valence-electron chi connectivity index (χ3n) is 2.05. The monoisotopic (exact) mass is 247 g/mol. The Kier molecular flexibility index (Phi) is 3.77. The van der Waals surface area contributed by atoms with Crippen molar-refractivity contribution in [1.29, 1.82) is 5.53 Å². The van der Waals surface area contributed by atoms with E-state index in [1.54, 1.807) is 0 Å². The molecule has 0 heterocycles. The van der Waals surface area contributed by atoms with E-state index in [2.05, 4.69) is 5.11 Å². The minimum absolute atomic E-state index is 0.00604. The van der Waals surface area contributed by atoms with Gasteiger partial charge in [0.1, 0.15) is 6.04 Å². The smallest absolute Gasteiger partial charge is 0.258 e. The molecule has 92 valence electrons. The fourth-order valence-corrected chi connectivity index (χ4v) is 1.30. The molecule has 17 heavy (non-hydrogen) atoms. The highest BCUT2D eigenvalue weighted by atomic mass is 19.4. The number of nitrogens with zero attached hydrogens (tertiary/aromatic N) is 2. The molecule has 0 fully saturated rings. The summed E-state index contributed by atoms with van der Waals surface area (Å²) in [6.45, 7) is 0. The summed E-state index contributed by atoms with van der Waals surface area (Å²) in [6.07, 6.45) is -5.78. The van der Waals surface area contributed by atoms with Crippen LogP contribution in [-0.2, 0) is 0 Å². The number of benzene rings is 1. The van der Waals surface area contributed by atoms with E-state index in [-0.39, 0.29) is 11.3 Å². The third kappa shape index (κ3) is 3.82. The molecule has 0 aliphatic rings. The summed E-state index contributed by atoms with van der Waals surface area (Å²) >= 11 is 0. The molecule has 1 N–H and O–H groups in total. The van der Waals surface area contributed by atoms with Crippen molar-refractivity contribution in [2.24, 2.45) is 5.11 Å². The van der Waals surface area contributed by atoms with Crippen LogP contribution in [0.25, 0.3) is 0 Å². The third-order valence-corrected chi connectivity index (χ3v) is 2.05. The maximum atomic E-state index is 12.2. The van der Waals surface area contributed by atoms with Crippen LogP contribution in [-0.4, -0.2) is 11.1 Å². The summed E-state index contributed by atoms with van der Waals surface area (Å²) in [7, 11) is 0. The predicted octanol–water partition coefficient (Wildman–Crippen LogP) is 3.62. The van der Waals surface area contributed by atoms with Crippen molar-refractivity contribution in [3.05, 3.63) is 39.9 Å². The Bertz CT molecular complexity index is 434. The highest BCUT2D eigenvalue weighted by molar-refractivity contribution is 5.35. The number of alkyl halides is 3. The highest BCUT2D eigenvalue weighted by Gasteiger charge is 2.33. The molecule has 1 unspecified atom stereocenters. The summed E-state index contributed by atoms with van der Waals surface area (Å²) in [5.41, 5.74) is 6.40. The molecule has 0 aromatic heterocycles. The lowest BCUT2D eigenvalue weighted by molar-refractivity contribution is -0.384. The van der Waals surface area contributed by atoms with Gasteiger partial charge in [-0.05, 0) is 5.56 Å². The summed E-state index contributed by atoms with van der Waals surface area (Å²) in [6, 6.07) is 3.27. The Hall–Kier alpha value is -1.99. The molecule has 0 radical (unpaired) electrons. The summed E-state index contributed by atoms with van der Waals surface area (Å²) in [4.78, 5) is 9.74. The zero-order valence-corrected chi connectivity index (χ0v) is 8.44. The van der Waals surface area contributed by atoms with Crippen molar-refractivity contribution in [2.45, 2.75) is 18.6 Å². The number of nitrogens with one attached hydrogen (secondary N) is 1. The van der Waals surface area contributed by atoms with Gasteiger partial charge in [0.25, 0.3) is 5.69 Å². The molecule has 1 atom stereocenters. The largest absolute Gasteiger partial charge is 0.391 e. The van der Waals surface area contributed by atoms with Gasteiger partial charge < -0.3 is 0 Å². The Morgan fingerprint density at radius 3 is 2.59 bits per heavy atom. The number of non-ortho nitro benzene ring substituents is 1. The van der Waals surface area contributed by atoms with Crippen molar-refractivity contribution in [2.75, 3.05) is 0 Å². The van der Waals surface area contributed by atoms with Crippen LogP contribution < -0.4 is 0 Å². The summed E-state index contributed by atoms with van der Waals surface area (Å²) in [5, 5.41) is 13.3. The zero-order chi connectivity index (χ0) is 13.1. The lowest BCUT2D eigenvalue weighted by Crippen LogP contribution is -2.12. The summed E-state index contributed by atoms with van der Waals surface area (Å²) < 4.78 is 36.5. The van der Waals surface area contributed by atoms with Gasteiger partial charge in [-0.2, -0.15) is 18.3 Å². The highest BCUT2D eigenvalue weighted by Crippen LogP contribution is 2.33. The first-order valence-corrected chi connectivity index (χ1v) is 4.51. The SMILES string of the molecule is N=NC(CC(F)(F)F)c1cccc([N+](=O)[O-])c1. The van der Waals surface area contributed by atoms with E-state index < -0.39 is 23.6 Å². The van der Waals surface area contributed by atoms with E-state index in [4.69, 9.17) is 5.53 Å². The van der Waals surface area contributed by atoms with Crippen LogP contribution in [0.3, 0.4) is 0 Å². The number of nitro groups is 1. The average molecular weight is 247 g/mol. The van der Waals surface area contributed by atoms with Gasteiger partial charge in [0, 0.05) is 12.1 Å². The van der Waals surface area contributed by atoms with Crippen molar-refractivity contribution in [1.82, 2.24) is 0 Å². The van der Waals surface area contributed by atoms with E-state index in [0.29, 0.717) is 0 Å². The number of hydrogen-bond acceptors (Lipinski definition) is 4. The van der Waals surface area contributed by atoms with Crippen LogP contribution >= 0.6 is 0 Å². The molecule has 1 aromatic rings. The quantitative estimate of drug-likeness (QED) is 0.501. The van der Waals surface area contributed by atoms with E-state index in [1.165, 1.54) is 12.1 Å². The number of rotatable bonds is 4. The van der Waals surface area contributed by atoms with Crippen LogP contribution in [0.2, 0.25) is 0 Å². The number of hydrogen-bond donors (Lipinski definition) is 1. The molecule has 0 bridgehead atoms. The van der Waals surface area contributed by atoms with Gasteiger partial charge in [-0.1, -0.05) is 12.1 Å². The first kappa shape index (κ1) is 13.1. The van der Waals surface area contributed by atoms with Gasteiger partial charge in [-0.25, -0.2) is 5.53 Å². The Labute approximate surface area is 93.9 Å². The maximum absolute atomic E-state index is 12.2. The fourth-order valence-electron chi connectivity index (χ4n) is 1.30. The van der Waals surface area contributed by atoms with Crippen LogP contribution in [0.5, 0.6) is 0 Å². The van der Waals surface area contributed by atoms with Crippen LogP contribution in [0.4, 0.5) is 18.9 Å². The predicted molar refractivity (Wildman–Crippen MR) is 51.7 cm³/mol. The maximum Gasteiger partial charge on any atom is 0.391 e. The molecule has 0 saturated carbocycles. The first-order valence-electron chi connectivity index (χ1n) is 4.51.